The average Bonchev–Trinajstić information content (AvgIpc) is 3.05. The Hall–Kier alpha value is -2.88. The van der Waals surface area contributed by atoms with Crippen LogP contribution in [0.25, 0.3) is 0 Å². The van der Waals surface area contributed by atoms with Gasteiger partial charge in [0.05, 0.1) is 10.8 Å². The van der Waals surface area contributed by atoms with Crippen LogP contribution >= 0.6 is 11.8 Å². The zero-order valence-electron chi connectivity index (χ0n) is 14.4. The molecule has 29 heavy (non-hydrogen) atoms. The maximum Gasteiger partial charge on any atom is 0.416 e. The highest BCUT2D eigenvalue weighted by Gasteiger charge is 2.42. The molecular formula is C19H11F5N2O2S. The van der Waals surface area contributed by atoms with Crippen LogP contribution in [0, 0.1) is 11.6 Å². The minimum absolute atomic E-state index is 0.00247. The number of ether oxygens (including phenoxy) is 1. The molecule has 1 N–H and O–H groups in total. The highest BCUT2D eigenvalue weighted by molar-refractivity contribution is 8.14. The zero-order valence-corrected chi connectivity index (χ0v) is 15.2. The summed E-state index contributed by atoms with van der Waals surface area (Å²) < 4.78 is 72.3. The SMILES string of the molecule is C=C1Oc2ccc(C(F)(F)F)cc2C2SC(NC(=O)c3c(F)cccc3F)=NC12. The Balaban J connectivity index is 1.62. The van der Waals surface area contributed by atoms with Gasteiger partial charge >= 0.3 is 6.18 Å². The molecule has 0 aromatic heterocycles. The number of halogens is 5. The maximum absolute atomic E-state index is 13.8. The van der Waals surface area contributed by atoms with Crippen LogP contribution in [-0.2, 0) is 6.18 Å². The van der Waals surface area contributed by atoms with Gasteiger partial charge in [0.1, 0.15) is 34.7 Å². The summed E-state index contributed by atoms with van der Waals surface area (Å²) >= 11 is 0.960. The summed E-state index contributed by atoms with van der Waals surface area (Å²) in [6.45, 7) is 3.73. The lowest BCUT2D eigenvalue weighted by molar-refractivity contribution is -0.137. The molecule has 2 aromatic carbocycles. The van der Waals surface area contributed by atoms with Gasteiger partial charge in [-0.25, -0.2) is 13.8 Å². The summed E-state index contributed by atoms with van der Waals surface area (Å²) in [4.78, 5) is 16.5. The van der Waals surface area contributed by atoms with Crippen LogP contribution in [0.5, 0.6) is 5.75 Å². The second-order valence-corrected chi connectivity index (χ2v) is 7.42. The van der Waals surface area contributed by atoms with Crippen LogP contribution in [0.3, 0.4) is 0 Å². The number of nitrogens with one attached hydrogen (secondary N) is 1. The van der Waals surface area contributed by atoms with Gasteiger partial charge in [-0.3, -0.25) is 4.79 Å². The number of thioether (sulfide) groups is 1. The fraction of sp³-hybridized carbons (Fsp3) is 0.158. The van der Waals surface area contributed by atoms with Gasteiger partial charge in [-0.2, -0.15) is 13.2 Å². The van der Waals surface area contributed by atoms with E-state index in [-0.39, 0.29) is 22.2 Å². The zero-order chi connectivity index (χ0) is 20.9. The Morgan fingerprint density at radius 3 is 2.52 bits per heavy atom. The summed E-state index contributed by atoms with van der Waals surface area (Å²) in [5.41, 5.74) is -1.38. The fourth-order valence-electron chi connectivity index (χ4n) is 3.06. The standard InChI is InChI=1S/C19H11F5N2O2S/c1-8-15-16(10-7-9(19(22,23)24)5-6-13(10)28-8)29-18(25-15)26-17(27)14-11(20)3-2-4-12(14)21/h2-7,15-16H,1H2,(H,25,26,27). The number of carbonyl (C=O) groups excluding carboxylic acids is 1. The number of hydrogen-bond donors (Lipinski definition) is 1. The maximum atomic E-state index is 13.8. The van der Waals surface area contributed by atoms with Gasteiger partial charge < -0.3 is 10.1 Å². The van der Waals surface area contributed by atoms with E-state index in [2.05, 4.69) is 16.9 Å². The van der Waals surface area contributed by atoms with Crippen LogP contribution in [0.1, 0.15) is 26.7 Å². The molecule has 2 aromatic rings. The highest BCUT2D eigenvalue weighted by atomic mass is 32.2. The van der Waals surface area contributed by atoms with E-state index >= 15 is 0 Å². The van der Waals surface area contributed by atoms with E-state index in [1.807, 2.05) is 0 Å². The van der Waals surface area contributed by atoms with Gasteiger partial charge in [-0.15, -0.1) is 0 Å². The van der Waals surface area contributed by atoms with Crippen molar-refractivity contribution in [3.05, 3.63) is 77.1 Å². The number of amides is 1. The van der Waals surface area contributed by atoms with Crippen molar-refractivity contribution in [2.24, 2.45) is 4.99 Å². The first-order chi connectivity index (χ1) is 13.6. The Morgan fingerprint density at radius 2 is 1.86 bits per heavy atom. The molecule has 0 fully saturated rings. The number of fused-ring (bicyclic) bond motifs is 3. The van der Waals surface area contributed by atoms with Crippen molar-refractivity contribution >= 4 is 22.8 Å². The molecule has 0 bridgehead atoms. The van der Waals surface area contributed by atoms with Crippen molar-refractivity contribution in [1.82, 2.24) is 5.32 Å². The van der Waals surface area contributed by atoms with Crippen LogP contribution in [0.4, 0.5) is 22.0 Å². The third-order valence-electron chi connectivity index (χ3n) is 4.41. The summed E-state index contributed by atoms with van der Waals surface area (Å²) in [7, 11) is 0. The molecule has 2 heterocycles. The Morgan fingerprint density at radius 1 is 1.17 bits per heavy atom. The van der Waals surface area contributed by atoms with Crippen molar-refractivity contribution in [2.45, 2.75) is 17.5 Å². The molecule has 150 valence electrons. The van der Waals surface area contributed by atoms with Crippen LogP contribution in [-0.4, -0.2) is 17.1 Å². The number of benzene rings is 2. The summed E-state index contributed by atoms with van der Waals surface area (Å²) in [5, 5.41) is 1.68. The first-order valence-electron chi connectivity index (χ1n) is 8.23. The topological polar surface area (TPSA) is 50.7 Å². The minimum atomic E-state index is -4.54. The van der Waals surface area contributed by atoms with Gasteiger partial charge in [0.15, 0.2) is 5.17 Å². The largest absolute Gasteiger partial charge is 0.460 e. The van der Waals surface area contributed by atoms with E-state index in [4.69, 9.17) is 4.74 Å². The third-order valence-corrected chi connectivity index (χ3v) is 5.60. The molecule has 0 saturated carbocycles. The molecule has 1 amide bonds. The predicted octanol–water partition coefficient (Wildman–Crippen LogP) is 4.83. The smallest absolute Gasteiger partial charge is 0.416 e. The van der Waals surface area contributed by atoms with Crippen molar-refractivity contribution in [3.63, 3.8) is 0 Å². The highest BCUT2D eigenvalue weighted by Crippen LogP contribution is 2.50. The van der Waals surface area contributed by atoms with E-state index in [1.165, 1.54) is 6.07 Å². The average molecular weight is 426 g/mol. The molecule has 0 saturated heterocycles. The van der Waals surface area contributed by atoms with Gasteiger partial charge in [0.25, 0.3) is 5.91 Å². The normalized spacial score (nSPS) is 20.4. The number of hydrogen-bond acceptors (Lipinski definition) is 4. The predicted molar refractivity (Wildman–Crippen MR) is 96.6 cm³/mol. The van der Waals surface area contributed by atoms with E-state index in [0.29, 0.717) is 0 Å². The molecule has 2 atom stereocenters. The number of rotatable bonds is 1. The van der Waals surface area contributed by atoms with E-state index in [1.54, 1.807) is 0 Å². The van der Waals surface area contributed by atoms with Crippen molar-refractivity contribution in [3.8, 4) is 5.75 Å². The first-order valence-corrected chi connectivity index (χ1v) is 9.10. The number of alkyl halides is 3. The Kier molecular flexibility index (Phi) is 4.60. The lowest BCUT2D eigenvalue weighted by Gasteiger charge is -2.28. The van der Waals surface area contributed by atoms with Gasteiger partial charge in [0, 0.05) is 5.56 Å². The Bertz CT molecular complexity index is 1050. The summed E-state index contributed by atoms with van der Waals surface area (Å²) in [5.74, 6) is -2.75. The van der Waals surface area contributed by atoms with Crippen molar-refractivity contribution in [1.29, 1.82) is 0 Å². The third kappa shape index (κ3) is 3.48. The lowest BCUT2D eigenvalue weighted by atomic mass is 9.98. The minimum Gasteiger partial charge on any atom is -0.460 e. The monoisotopic (exact) mass is 426 g/mol. The van der Waals surface area contributed by atoms with E-state index < -0.39 is 46.1 Å². The molecule has 2 aliphatic heterocycles. The number of aliphatic imine (C=N–C) groups is 1. The van der Waals surface area contributed by atoms with Gasteiger partial charge in [-0.1, -0.05) is 24.4 Å². The van der Waals surface area contributed by atoms with Gasteiger partial charge in [0.2, 0.25) is 0 Å². The molecule has 10 heteroatoms. The van der Waals surface area contributed by atoms with Crippen LogP contribution < -0.4 is 10.1 Å². The van der Waals surface area contributed by atoms with E-state index in [0.717, 1.165) is 42.1 Å². The molecular weight excluding hydrogens is 415 g/mol. The molecule has 2 unspecified atom stereocenters. The van der Waals surface area contributed by atoms with Crippen molar-refractivity contribution in [2.75, 3.05) is 0 Å². The molecule has 2 aliphatic rings. The van der Waals surface area contributed by atoms with Crippen molar-refractivity contribution < 1.29 is 31.5 Å². The number of nitrogens with zero attached hydrogens (tertiary/aromatic N) is 1. The first kappa shape index (κ1) is 19.4. The number of amidine groups is 1. The fourth-order valence-corrected chi connectivity index (χ4v) is 4.28. The summed E-state index contributed by atoms with van der Waals surface area (Å²) in [6, 6.07) is 5.30. The molecule has 0 radical (unpaired) electrons. The van der Waals surface area contributed by atoms with Crippen LogP contribution in [0.15, 0.2) is 53.7 Å². The van der Waals surface area contributed by atoms with E-state index in [9.17, 15) is 26.7 Å². The number of carbonyl (C=O) groups is 1. The lowest BCUT2D eigenvalue weighted by Crippen LogP contribution is -2.29. The molecule has 4 nitrogen and oxygen atoms in total. The molecule has 4 rings (SSSR count). The second kappa shape index (κ2) is 6.87. The molecule has 0 spiro atoms. The molecule has 0 aliphatic carbocycles. The summed E-state index contributed by atoms with van der Waals surface area (Å²) in [6.07, 6.45) is -4.54. The Labute approximate surface area is 165 Å². The van der Waals surface area contributed by atoms with Gasteiger partial charge in [-0.05, 0) is 30.3 Å². The quantitative estimate of drug-likeness (QED) is 0.665. The van der Waals surface area contributed by atoms with Crippen LogP contribution in [0.2, 0.25) is 0 Å². The second-order valence-electron chi connectivity index (χ2n) is 6.29.